The fourth-order valence-electron chi connectivity index (χ4n) is 0.231. The maximum absolute atomic E-state index is 9.91. The summed E-state index contributed by atoms with van der Waals surface area (Å²) in [6.45, 7) is -1.46. The Morgan fingerprint density at radius 2 is 2.00 bits per heavy atom. The van der Waals surface area contributed by atoms with E-state index in [9.17, 15) is 9.67 Å². The first-order valence-corrected chi connectivity index (χ1v) is 3.95. The second-order valence-corrected chi connectivity index (χ2v) is 2.85. The fraction of sp³-hybridized carbons (Fsp3) is 1.00. The van der Waals surface area contributed by atoms with Gasteiger partial charge in [0.05, 0.1) is 6.61 Å². The fourth-order valence-corrected chi connectivity index (χ4v) is 0.598. The lowest BCUT2D eigenvalue weighted by Gasteiger charge is -2.07. The van der Waals surface area contributed by atoms with E-state index in [0.717, 1.165) is 0 Å². The van der Waals surface area contributed by atoms with Crippen LogP contribution in [0.1, 0.15) is 0 Å². The van der Waals surface area contributed by atoms with Crippen molar-refractivity contribution in [3.8, 4) is 0 Å². The highest BCUT2D eigenvalue weighted by Crippen LogP contribution is 2.35. The quantitative estimate of drug-likeness (QED) is 0.464. The lowest BCUT2D eigenvalue weighted by Crippen LogP contribution is -2.17. The number of hydrogen-bond acceptors (Lipinski definition) is 3. The number of aliphatic hydroxyl groups excluding tert-OH is 1. The first-order chi connectivity index (χ1) is 4.45. The Balaban J connectivity index is 3.46. The molecule has 3 N–H and O–H groups in total. The van der Waals surface area contributed by atoms with E-state index in [1.54, 1.807) is 0 Å². The number of rotatable bonds is 4. The van der Waals surface area contributed by atoms with E-state index in [1.165, 1.54) is 0 Å². The predicted octanol–water partition coefficient (Wildman–Crippen LogP) is -1.11. The third-order valence-corrected chi connectivity index (χ3v) is 1.11. The van der Waals surface area contributed by atoms with Crippen molar-refractivity contribution in [2.75, 3.05) is 13.2 Å². The maximum Gasteiger partial charge on any atom is 0.469 e. The van der Waals surface area contributed by atoms with Crippen LogP contribution < -0.4 is 0 Å². The van der Waals surface area contributed by atoms with Gasteiger partial charge in [-0.05, 0) is 0 Å². The van der Waals surface area contributed by atoms with E-state index < -0.39 is 27.1 Å². The summed E-state index contributed by atoms with van der Waals surface area (Å²) < 4.78 is 13.7. The van der Waals surface area contributed by atoms with Gasteiger partial charge in [-0.15, -0.1) is 0 Å². The molecule has 0 fully saturated rings. The zero-order valence-electron chi connectivity index (χ0n) is 5.01. The molecule has 61 valence electrons. The van der Waals surface area contributed by atoms with Crippen LogP contribution in [0.15, 0.2) is 0 Å². The number of phosphoric ester groups is 1. The van der Waals surface area contributed by atoms with Gasteiger partial charge in [0.25, 0.3) is 0 Å². The summed E-state index contributed by atoms with van der Waals surface area (Å²) in [6.07, 6.45) is -1.35. The Morgan fingerprint density at radius 3 is 2.30 bits per heavy atom. The van der Waals surface area contributed by atoms with Crippen molar-refractivity contribution < 1.29 is 29.1 Å². The van der Waals surface area contributed by atoms with E-state index in [4.69, 9.17) is 14.9 Å². The summed E-state index contributed by atoms with van der Waals surface area (Å²) in [5, 5.41) is 18.2. The summed E-state index contributed by atoms with van der Waals surface area (Å²) in [7, 11) is -4.53. The lowest BCUT2D eigenvalue weighted by atomic mass is 10.4. The van der Waals surface area contributed by atoms with Gasteiger partial charge >= 0.3 is 7.82 Å². The summed E-state index contributed by atoms with van der Waals surface area (Å²) in [6, 6.07) is 0. The Bertz CT molecular complexity index is 129. The average Bonchev–Trinajstić information content (AvgIpc) is 1.81. The van der Waals surface area contributed by atoms with Crippen molar-refractivity contribution in [1.82, 2.24) is 0 Å². The van der Waals surface area contributed by atoms with Crippen LogP contribution >= 0.6 is 7.82 Å². The van der Waals surface area contributed by atoms with Crippen molar-refractivity contribution in [1.29, 1.82) is 0 Å². The highest BCUT2D eigenvalue weighted by molar-refractivity contribution is 7.46. The second-order valence-electron chi connectivity index (χ2n) is 1.61. The molecular weight excluding hydrogens is 163 g/mol. The van der Waals surface area contributed by atoms with Crippen molar-refractivity contribution in [2.45, 2.75) is 6.10 Å². The first kappa shape index (κ1) is 10.0. The zero-order valence-corrected chi connectivity index (χ0v) is 5.90. The van der Waals surface area contributed by atoms with Gasteiger partial charge in [-0.3, -0.25) is 4.52 Å². The Kier molecular flexibility index (Phi) is 4.04. The van der Waals surface area contributed by atoms with E-state index in [-0.39, 0.29) is 0 Å². The minimum absolute atomic E-state index is 0.631. The topological polar surface area (TPSA) is 107 Å². The minimum atomic E-state index is -4.53. The lowest BCUT2D eigenvalue weighted by molar-refractivity contribution is 0.0166. The summed E-state index contributed by atoms with van der Waals surface area (Å²) >= 11 is 0. The molecule has 1 radical (unpaired) electrons. The van der Waals surface area contributed by atoms with E-state index in [1.807, 2.05) is 0 Å². The highest BCUT2D eigenvalue weighted by atomic mass is 31.2. The number of aliphatic hydroxyl groups is 1. The molecule has 0 saturated carbocycles. The Labute approximate surface area is 57.3 Å². The van der Waals surface area contributed by atoms with Crippen LogP contribution in [-0.2, 0) is 14.2 Å². The second kappa shape index (κ2) is 4.02. The molecule has 0 aromatic carbocycles. The Morgan fingerprint density at radius 1 is 1.50 bits per heavy atom. The van der Waals surface area contributed by atoms with Gasteiger partial charge < -0.3 is 14.9 Å². The van der Waals surface area contributed by atoms with Crippen molar-refractivity contribution in [3.05, 3.63) is 0 Å². The molecule has 0 heterocycles. The number of phosphoric acid groups is 1. The van der Waals surface area contributed by atoms with Crippen molar-refractivity contribution >= 4 is 7.82 Å². The zero-order chi connectivity index (χ0) is 8.20. The molecule has 0 aliphatic carbocycles. The van der Waals surface area contributed by atoms with Gasteiger partial charge in [0.2, 0.25) is 0 Å². The van der Waals surface area contributed by atoms with Crippen LogP contribution in [0.5, 0.6) is 0 Å². The molecule has 6 nitrogen and oxygen atoms in total. The summed E-state index contributed by atoms with van der Waals surface area (Å²) in [4.78, 5) is 16.1. The van der Waals surface area contributed by atoms with E-state index in [2.05, 4.69) is 4.52 Å². The smallest absolute Gasteiger partial charge is 0.388 e. The van der Waals surface area contributed by atoms with Crippen molar-refractivity contribution in [2.24, 2.45) is 0 Å². The molecule has 10 heavy (non-hydrogen) atoms. The van der Waals surface area contributed by atoms with Gasteiger partial charge in [-0.25, -0.2) is 9.67 Å². The molecule has 0 saturated heterocycles. The molecule has 0 rings (SSSR count). The minimum Gasteiger partial charge on any atom is -0.388 e. The van der Waals surface area contributed by atoms with Crippen LogP contribution in [0.25, 0.3) is 0 Å². The van der Waals surface area contributed by atoms with E-state index >= 15 is 0 Å². The molecule has 0 aromatic rings. The normalized spacial score (nSPS) is 15.2. The van der Waals surface area contributed by atoms with Gasteiger partial charge in [0, 0.05) is 0 Å². The third-order valence-electron chi connectivity index (χ3n) is 0.627. The van der Waals surface area contributed by atoms with Crippen LogP contribution in [0.3, 0.4) is 0 Å². The van der Waals surface area contributed by atoms with Crippen LogP contribution in [0.4, 0.5) is 0 Å². The Hall–Kier alpha value is 0.0300. The van der Waals surface area contributed by atoms with Crippen molar-refractivity contribution in [3.63, 3.8) is 0 Å². The maximum atomic E-state index is 9.91. The average molecular weight is 171 g/mol. The van der Waals surface area contributed by atoms with E-state index in [0.29, 0.717) is 0 Å². The van der Waals surface area contributed by atoms with Gasteiger partial charge in [0.15, 0.2) is 0 Å². The predicted molar refractivity (Wildman–Crippen MR) is 29.6 cm³/mol. The monoisotopic (exact) mass is 171 g/mol. The largest absolute Gasteiger partial charge is 0.469 e. The molecule has 0 spiro atoms. The van der Waals surface area contributed by atoms with Gasteiger partial charge in [-0.2, -0.15) is 0 Å². The molecule has 0 unspecified atom stereocenters. The summed E-state index contributed by atoms with van der Waals surface area (Å²) in [5.41, 5.74) is 0. The molecule has 0 aromatic heterocycles. The van der Waals surface area contributed by atoms with Crippen LogP contribution in [0.2, 0.25) is 0 Å². The van der Waals surface area contributed by atoms with Gasteiger partial charge in [0.1, 0.15) is 12.7 Å². The van der Waals surface area contributed by atoms with Gasteiger partial charge in [-0.1, -0.05) is 0 Å². The molecule has 1 atom stereocenters. The summed E-state index contributed by atoms with van der Waals surface area (Å²) in [5.74, 6) is 0. The molecule has 0 amide bonds. The SMILES string of the molecule is [O]C[C@H](O)COP(=O)(O)O. The van der Waals surface area contributed by atoms with Crippen LogP contribution in [0, 0.1) is 0 Å². The highest BCUT2D eigenvalue weighted by Gasteiger charge is 2.16. The first-order valence-electron chi connectivity index (χ1n) is 2.42. The third kappa shape index (κ3) is 6.15. The number of hydrogen-bond donors (Lipinski definition) is 3. The molecular formula is C3H8O6P. The van der Waals surface area contributed by atoms with Crippen LogP contribution in [-0.4, -0.2) is 34.2 Å². The standard InChI is InChI=1S/C3H8O6P/c4-1-3(5)2-9-10(6,7)8/h3,5H,1-2H2,(H2,6,7,8)/t3-/m0/s1. The molecule has 0 aliphatic rings. The molecule has 7 heteroatoms. The molecule has 0 aliphatic heterocycles. The molecule has 0 bridgehead atoms.